The molecule has 0 aliphatic carbocycles. The van der Waals surface area contributed by atoms with Crippen molar-refractivity contribution in [1.82, 2.24) is 9.88 Å². The van der Waals surface area contributed by atoms with E-state index in [0.717, 1.165) is 19.4 Å². The van der Waals surface area contributed by atoms with Crippen molar-refractivity contribution >= 4 is 28.3 Å². The van der Waals surface area contributed by atoms with E-state index in [0.29, 0.717) is 23.3 Å². The molecule has 2 rings (SSSR count). The van der Waals surface area contributed by atoms with E-state index in [1.807, 2.05) is 4.90 Å². The molecule has 2 heterocycles. The van der Waals surface area contributed by atoms with Crippen molar-refractivity contribution in [3.8, 4) is 0 Å². The molecule has 7 heteroatoms. The molecular weight excluding hydrogens is 276 g/mol. The molecule has 0 saturated carbocycles. The van der Waals surface area contributed by atoms with Crippen LogP contribution in [0.25, 0.3) is 0 Å². The Kier molecular flexibility index (Phi) is 4.72. The molecule has 110 valence electrons. The maximum absolute atomic E-state index is 12.5. The van der Waals surface area contributed by atoms with Crippen LogP contribution >= 0.6 is 11.3 Å². The predicted octanol–water partition coefficient (Wildman–Crippen LogP) is 1.30. The zero-order valence-corrected chi connectivity index (χ0v) is 12.6. The van der Waals surface area contributed by atoms with Crippen LogP contribution in [0.1, 0.15) is 37.2 Å². The van der Waals surface area contributed by atoms with Gasteiger partial charge in [-0.3, -0.25) is 9.59 Å². The Morgan fingerprint density at radius 1 is 1.60 bits per heavy atom. The van der Waals surface area contributed by atoms with Gasteiger partial charge in [-0.05, 0) is 18.8 Å². The molecule has 1 aromatic heterocycles. The molecule has 0 bridgehead atoms. The molecule has 1 fully saturated rings. The SMILES string of the molecule is CC(=O)Nc1nc(C(=O)N2CCC(C)CC2CN)cs1. The maximum atomic E-state index is 12.5. The first-order chi connectivity index (χ1) is 9.51. The number of carbonyl (C=O) groups is 2. The van der Waals surface area contributed by atoms with Crippen molar-refractivity contribution in [2.75, 3.05) is 18.4 Å². The molecule has 1 aliphatic heterocycles. The average molecular weight is 296 g/mol. The third kappa shape index (κ3) is 3.34. The van der Waals surface area contributed by atoms with E-state index in [1.54, 1.807) is 5.38 Å². The highest BCUT2D eigenvalue weighted by atomic mass is 32.1. The topological polar surface area (TPSA) is 88.3 Å². The summed E-state index contributed by atoms with van der Waals surface area (Å²) in [5.74, 6) is 0.308. The van der Waals surface area contributed by atoms with Gasteiger partial charge in [0.25, 0.3) is 5.91 Å². The zero-order chi connectivity index (χ0) is 14.7. The van der Waals surface area contributed by atoms with E-state index in [4.69, 9.17) is 5.73 Å². The quantitative estimate of drug-likeness (QED) is 0.880. The van der Waals surface area contributed by atoms with Crippen molar-refractivity contribution in [2.24, 2.45) is 11.7 Å². The molecule has 1 aromatic rings. The van der Waals surface area contributed by atoms with E-state index in [1.165, 1.54) is 18.3 Å². The number of likely N-dealkylation sites (tertiary alicyclic amines) is 1. The largest absolute Gasteiger partial charge is 0.333 e. The Bertz CT molecular complexity index is 502. The highest BCUT2D eigenvalue weighted by Crippen LogP contribution is 2.25. The van der Waals surface area contributed by atoms with Gasteiger partial charge in [0.2, 0.25) is 5.91 Å². The third-order valence-corrected chi connectivity index (χ3v) is 4.27. The second kappa shape index (κ2) is 6.32. The van der Waals surface area contributed by atoms with Gasteiger partial charge in [-0.2, -0.15) is 0 Å². The van der Waals surface area contributed by atoms with Gasteiger partial charge >= 0.3 is 0 Å². The number of rotatable bonds is 3. The summed E-state index contributed by atoms with van der Waals surface area (Å²) in [6.45, 7) is 4.79. The lowest BCUT2D eigenvalue weighted by molar-refractivity contribution is -0.114. The first-order valence-electron chi connectivity index (χ1n) is 6.75. The second-order valence-electron chi connectivity index (χ2n) is 5.24. The van der Waals surface area contributed by atoms with E-state index < -0.39 is 0 Å². The molecule has 2 amide bonds. The number of hydrogen-bond donors (Lipinski definition) is 2. The fourth-order valence-electron chi connectivity index (χ4n) is 2.47. The minimum Gasteiger partial charge on any atom is -0.333 e. The number of piperidine rings is 1. The molecule has 3 N–H and O–H groups in total. The van der Waals surface area contributed by atoms with Gasteiger partial charge in [0.1, 0.15) is 5.69 Å². The molecule has 20 heavy (non-hydrogen) atoms. The second-order valence-corrected chi connectivity index (χ2v) is 6.09. The van der Waals surface area contributed by atoms with Crippen LogP contribution in [-0.2, 0) is 4.79 Å². The standard InChI is InChI=1S/C13H20N4O2S/c1-8-3-4-17(10(5-8)6-14)12(19)11-7-20-13(16-11)15-9(2)18/h7-8,10H,3-6,14H2,1-2H3,(H,15,16,18). The molecule has 0 aromatic carbocycles. The van der Waals surface area contributed by atoms with Crippen molar-refractivity contribution in [1.29, 1.82) is 0 Å². The van der Waals surface area contributed by atoms with Crippen LogP contribution in [-0.4, -0.2) is 40.8 Å². The monoisotopic (exact) mass is 296 g/mol. The van der Waals surface area contributed by atoms with Crippen LogP contribution in [0.15, 0.2) is 5.38 Å². The Morgan fingerprint density at radius 3 is 3.00 bits per heavy atom. The predicted molar refractivity (Wildman–Crippen MR) is 78.7 cm³/mol. The van der Waals surface area contributed by atoms with Crippen LogP contribution in [0.5, 0.6) is 0 Å². The summed E-state index contributed by atoms with van der Waals surface area (Å²) in [5.41, 5.74) is 6.16. The normalized spacial score (nSPS) is 22.6. The Balaban J connectivity index is 2.09. The number of nitrogens with one attached hydrogen (secondary N) is 1. The smallest absolute Gasteiger partial charge is 0.273 e. The molecule has 0 spiro atoms. The molecule has 1 aliphatic rings. The van der Waals surface area contributed by atoms with Gasteiger partial charge in [-0.25, -0.2) is 4.98 Å². The number of nitrogens with zero attached hydrogens (tertiary/aromatic N) is 2. The number of carbonyl (C=O) groups excluding carboxylic acids is 2. The fraction of sp³-hybridized carbons (Fsp3) is 0.615. The lowest BCUT2D eigenvalue weighted by atomic mass is 9.92. The minimum absolute atomic E-state index is 0.0807. The van der Waals surface area contributed by atoms with Gasteiger partial charge in [-0.15, -0.1) is 11.3 Å². The van der Waals surface area contributed by atoms with Gasteiger partial charge < -0.3 is 16.0 Å². The number of anilines is 1. The van der Waals surface area contributed by atoms with Crippen molar-refractivity contribution < 1.29 is 9.59 Å². The van der Waals surface area contributed by atoms with Gasteiger partial charge in [0.05, 0.1) is 0 Å². The summed E-state index contributed by atoms with van der Waals surface area (Å²) in [7, 11) is 0. The summed E-state index contributed by atoms with van der Waals surface area (Å²) in [6, 6.07) is 0.0807. The van der Waals surface area contributed by atoms with Crippen LogP contribution in [0, 0.1) is 5.92 Å². The first kappa shape index (κ1) is 14.9. The molecule has 2 atom stereocenters. The summed E-state index contributed by atoms with van der Waals surface area (Å²) in [4.78, 5) is 29.4. The van der Waals surface area contributed by atoms with Crippen LogP contribution < -0.4 is 11.1 Å². The molecule has 0 radical (unpaired) electrons. The van der Waals surface area contributed by atoms with Crippen molar-refractivity contribution in [3.05, 3.63) is 11.1 Å². The zero-order valence-electron chi connectivity index (χ0n) is 11.8. The van der Waals surface area contributed by atoms with Gasteiger partial charge in [0.15, 0.2) is 5.13 Å². The number of thiazole rings is 1. The van der Waals surface area contributed by atoms with E-state index >= 15 is 0 Å². The fourth-order valence-corrected chi connectivity index (χ4v) is 3.20. The molecule has 2 unspecified atom stereocenters. The Morgan fingerprint density at radius 2 is 2.35 bits per heavy atom. The van der Waals surface area contributed by atoms with E-state index in [9.17, 15) is 9.59 Å². The molecule has 1 saturated heterocycles. The van der Waals surface area contributed by atoms with Crippen LogP contribution in [0.2, 0.25) is 0 Å². The lowest BCUT2D eigenvalue weighted by Crippen LogP contribution is -2.49. The van der Waals surface area contributed by atoms with E-state index in [-0.39, 0.29) is 17.9 Å². The highest BCUT2D eigenvalue weighted by Gasteiger charge is 2.30. The van der Waals surface area contributed by atoms with Gasteiger partial charge in [-0.1, -0.05) is 6.92 Å². The number of amides is 2. The first-order valence-corrected chi connectivity index (χ1v) is 7.63. The summed E-state index contributed by atoms with van der Waals surface area (Å²) >= 11 is 1.26. The number of aromatic nitrogens is 1. The maximum Gasteiger partial charge on any atom is 0.273 e. The average Bonchev–Trinajstić information content (AvgIpc) is 2.85. The molecular formula is C13H20N4O2S. The number of nitrogens with two attached hydrogens (primary N) is 1. The highest BCUT2D eigenvalue weighted by molar-refractivity contribution is 7.14. The summed E-state index contributed by atoms with van der Waals surface area (Å²) in [5, 5.41) is 4.72. The Hall–Kier alpha value is -1.47. The lowest BCUT2D eigenvalue weighted by Gasteiger charge is -2.37. The van der Waals surface area contributed by atoms with Crippen molar-refractivity contribution in [3.63, 3.8) is 0 Å². The minimum atomic E-state index is -0.190. The summed E-state index contributed by atoms with van der Waals surface area (Å²) < 4.78 is 0. The van der Waals surface area contributed by atoms with Gasteiger partial charge in [0, 0.05) is 31.4 Å². The summed E-state index contributed by atoms with van der Waals surface area (Å²) in [6.07, 6.45) is 1.93. The molecule has 6 nitrogen and oxygen atoms in total. The van der Waals surface area contributed by atoms with Crippen LogP contribution in [0.4, 0.5) is 5.13 Å². The van der Waals surface area contributed by atoms with E-state index in [2.05, 4.69) is 17.2 Å². The van der Waals surface area contributed by atoms with Crippen molar-refractivity contribution in [2.45, 2.75) is 32.7 Å². The Labute approximate surface area is 122 Å². The van der Waals surface area contributed by atoms with Crippen LogP contribution in [0.3, 0.4) is 0 Å². The third-order valence-electron chi connectivity index (χ3n) is 3.52. The number of hydrogen-bond acceptors (Lipinski definition) is 5.